The van der Waals surface area contributed by atoms with Gasteiger partial charge in [0.1, 0.15) is 11.5 Å². The van der Waals surface area contributed by atoms with Crippen molar-refractivity contribution >= 4 is 34.8 Å². The lowest BCUT2D eigenvalue weighted by molar-refractivity contribution is -0.122. The van der Waals surface area contributed by atoms with Gasteiger partial charge in [-0.2, -0.15) is 0 Å². The highest BCUT2D eigenvalue weighted by Crippen LogP contribution is 2.29. The fourth-order valence-corrected chi connectivity index (χ4v) is 3.86. The Morgan fingerprint density at radius 1 is 0.853 bits per heavy atom. The summed E-state index contributed by atoms with van der Waals surface area (Å²) in [7, 11) is 3.10. The molecule has 3 aromatic rings. The van der Waals surface area contributed by atoms with Gasteiger partial charge in [0.05, 0.1) is 37.1 Å². The van der Waals surface area contributed by atoms with Crippen LogP contribution in [0.2, 0.25) is 0 Å². The Balaban J connectivity index is 1.46. The second kappa shape index (κ2) is 10.1. The second-order valence-electron chi connectivity index (χ2n) is 7.79. The number of methoxy groups -OCH3 is 2. The number of ether oxygens (including phenoxy) is 2. The van der Waals surface area contributed by atoms with Crippen LogP contribution in [0.5, 0.6) is 11.5 Å². The van der Waals surface area contributed by atoms with E-state index in [0.29, 0.717) is 34.1 Å². The number of nitrogens with zero attached hydrogens (tertiary/aromatic N) is 1. The average molecular weight is 460 g/mol. The molecule has 0 bridgehead atoms. The van der Waals surface area contributed by atoms with Crippen LogP contribution in [0.4, 0.5) is 17.1 Å². The molecular weight excluding hydrogens is 434 g/mol. The molecule has 4 rings (SSSR count). The van der Waals surface area contributed by atoms with Crippen LogP contribution < -0.4 is 25.0 Å². The molecule has 1 heterocycles. The first kappa shape index (κ1) is 22.8. The summed E-state index contributed by atoms with van der Waals surface area (Å²) in [4.78, 5) is 40.1. The second-order valence-corrected chi connectivity index (χ2v) is 7.79. The van der Waals surface area contributed by atoms with Crippen molar-refractivity contribution in [3.05, 3.63) is 78.4 Å². The number of nitrogens with one attached hydrogen (secondary N) is 2. The van der Waals surface area contributed by atoms with Crippen molar-refractivity contribution in [2.75, 3.05) is 36.3 Å². The van der Waals surface area contributed by atoms with Gasteiger partial charge in [-0.3, -0.25) is 14.4 Å². The fourth-order valence-electron chi connectivity index (χ4n) is 3.86. The third-order valence-corrected chi connectivity index (χ3v) is 5.66. The molecule has 2 N–H and O–H groups in total. The van der Waals surface area contributed by atoms with E-state index in [1.165, 1.54) is 7.11 Å². The maximum Gasteiger partial charge on any atom is 0.257 e. The normalized spacial score (nSPS) is 15.1. The molecule has 34 heavy (non-hydrogen) atoms. The largest absolute Gasteiger partial charge is 0.497 e. The predicted molar refractivity (Wildman–Crippen MR) is 129 cm³/mol. The summed E-state index contributed by atoms with van der Waals surface area (Å²) in [6, 6.07) is 20.9. The number of hydrogen-bond donors (Lipinski definition) is 2. The summed E-state index contributed by atoms with van der Waals surface area (Å²) in [6.07, 6.45) is 0.0907. The zero-order valence-corrected chi connectivity index (χ0v) is 18.9. The van der Waals surface area contributed by atoms with Gasteiger partial charge < -0.3 is 25.0 Å². The first-order valence-electron chi connectivity index (χ1n) is 10.8. The number of amides is 3. The quantitative estimate of drug-likeness (QED) is 0.558. The van der Waals surface area contributed by atoms with E-state index in [0.717, 1.165) is 0 Å². The topological polar surface area (TPSA) is 97.0 Å². The Morgan fingerprint density at radius 2 is 1.53 bits per heavy atom. The van der Waals surface area contributed by atoms with Crippen molar-refractivity contribution < 1.29 is 23.9 Å². The lowest BCUT2D eigenvalue weighted by Crippen LogP contribution is -2.28. The summed E-state index contributed by atoms with van der Waals surface area (Å²) >= 11 is 0. The number of carbonyl (C=O) groups is 3. The highest BCUT2D eigenvalue weighted by Gasteiger charge is 2.35. The van der Waals surface area contributed by atoms with E-state index in [1.807, 2.05) is 0 Å². The smallest absolute Gasteiger partial charge is 0.257 e. The van der Waals surface area contributed by atoms with Crippen LogP contribution in [0.1, 0.15) is 16.8 Å². The first-order chi connectivity index (χ1) is 16.5. The van der Waals surface area contributed by atoms with Crippen molar-refractivity contribution in [2.45, 2.75) is 6.42 Å². The molecule has 1 atom stereocenters. The Labute approximate surface area is 197 Å². The van der Waals surface area contributed by atoms with Gasteiger partial charge >= 0.3 is 0 Å². The molecule has 0 aromatic heterocycles. The highest BCUT2D eigenvalue weighted by molar-refractivity contribution is 6.11. The zero-order chi connectivity index (χ0) is 24.1. The van der Waals surface area contributed by atoms with E-state index >= 15 is 0 Å². The molecule has 174 valence electrons. The molecule has 0 saturated carbocycles. The Bertz CT molecular complexity index is 1210. The van der Waals surface area contributed by atoms with Crippen molar-refractivity contribution in [2.24, 2.45) is 5.92 Å². The van der Waals surface area contributed by atoms with Gasteiger partial charge in [-0.25, -0.2) is 0 Å². The molecule has 0 aliphatic carbocycles. The number of benzene rings is 3. The van der Waals surface area contributed by atoms with Crippen molar-refractivity contribution in [3.8, 4) is 11.5 Å². The molecule has 8 heteroatoms. The van der Waals surface area contributed by atoms with Crippen LogP contribution in [0, 0.1) is 5.92 Å². The van der Waals surface area contributed by atoms with Crippen LogP contribution in [0.25, 0.3) is 0 Å². The monoisotopic (exact) mass is 459 g/mol. The van der Waals surface area contributed by atoms with Crippen molar-refractivity contribution in [1.82, 2.24) is 0 Å². The predicted octanol–water partition coefficient (Wildman–Crippen LogP) is 3.95. The molecule has 0 radical (unpaired) electrons. The first-order valence-corrected chi connectivity index (χ1v) is 10.8. The number of anilines is 3. The number of hydrogen-bond acceptors (Lipinski definition) is 5. The third-order valence-electron chi connectivity index (χ3n) is 5.66. The third kappa shape index (κ3) is 4.85. The van der Waals surface area contributed by atoms with Gasteiger partial charge in [-0.15, -0.1) is 0 Å². The minimum atomic E-state index is -0.542. The maximum absolute atomic E-state index is 13.0. The van der Waals surface area contributed by atoms with Crippen LogP contribution in [-0.4, -0.2) is 38.5 Å². The summed E-state index contributed by atoms with van der Waals surface area (Å²) in [6.45, 7) is 0.257. The van der Waals surface area contributed by atoms with E-state index in [4.69, 9.17) is 9.47 Å². The SMILES string of the molecule is COc1ccc(N2CC(C(=O)Nc3ccccc3C(=O)Nc3ccccc3OC)CC2=O)cc1. The summed E-state index contributed by atoms with van der Waals surface area (Å²) < 4.78 is 10.4. The van der Waals surface area contributed by atoms with E-state index in [-0.39, 0.29) is 30.7 Å². The molecule has 8 nitrogen and oxygen atoms in total. The van der Waals surface area contributed by atoms with E-state index in [1.54, 1.807) is 84.8 Å². The molecule has 3 amide bonds. The molecule has 3 aromatic carbocycles. The van der Waals surface area contributed by atoms with Crippen LogP contribution >= 0.6 is 0 Å². The average Bonchev–Trinajstić information content (AvgIpc) is 3.26. The molecule has 1 fully saturated rings. The molecule has 1 saturated heterocycles. The highest BCUT2D eigenvalue weighted by atomic mass is 16.5. The molecule has 1 unspecified atom stereocenters. The maximum atomic E-state index is 13.0. The molecular formula is C26H25N3O5. The summed E-state index contributed by atoms with van der Waals surface area (Å²) in [5.74, 6) is -0.162. The van der Waals surface area contributed by atoms with Gasteiger partial charge in [0.2, 0.25) is 11.8 Å². The summed E-state index contributed by atoms with van der Waals surface area (Å²) in [5, 5.41) is 5.65. The van der Waals surface area contributed by atoms with Gasteiger partial charge in [-0.05, 0) is 48.5 Å². The number of para-hydroxylation sites is 3. The Kier molecular flexibility index (Phi) is 6.77. The Morgan fingerprint density at radius 3 is 2.24 bits per heavy atom. The lowest BCUT2D eigenvalue weighted by atomic mass is 10.1. The standard InChI is InChI=1S/C26H25N3O5/c1-33-19-13-11-18(12-14-19)29-16-17(15-24(29)30)25(31)27-21-8-4-3-7-20(21)26(32)28-22-9-5-6-10-23(22)34-2/h3-14,17H,15-16H2,1-2H3,(H,27,31)(H,28,32). The van der Waals surface area contributed by atoms with Crippen LogP contribution in [0.15, 0.2) is 72.8 Å². The summed E-state index contributed by atoms with van der Waals surface area (Å²) in [5.41, 5.74) is 1.90. The van der Waals surface area contributed by atoms with Crippen LogP contribution in [-0.2, 0) is 9.59 Å². The lowest BCUT2D eigenvalue weighted by Gasteiger charge is -2.17. The fraction of sp³-hybridized carbons (Fsp3) is 0.192. The van der Waals surface area contributed by atoms with E-state index in [9.17, 15) is 14.4 Å². The van der Waals surface area contributed by atoms with Gasteiger partial charge in [0, 0.05) is 18.7 Å². The molecule has 1 aliphatic heterocycles. The Hall–Kier alpha value is -4.33. The van der Waals surface area contributed by atoms with Crippen LogP contribution in [0.3, 0.4) is 0 Å². The van der Waals surface area contributed by atoms with Crippen molar-refractivity contribution in [1.29, 1.82) is 0 Å². The van der Waals surface area contributed by atoms with E-state index in [2.05, 4.69) is 10.6 Å². The van der Waals surface area contributed by atoms with Gasteiger partial charge in [0.15, 0.2) is 0 Å². The molecule has 1 aliphatic rings. The number of carbonyl (C=O) groups excluding carboxylic acids is 3. The number of rotatable bonds is 7. The zero-order valence-electron chi connectivity index (χ0n) is 18.9. The van der Waals surface area contributed by atoms with E-state index < -0.39 is 5.92 Å². The minimum Gasteiger partial charge on any atom is -0.497 e. The van der Waals surface area contributed by atoms with Crippen molar-refractivity contribution in [3.63, 3.8) is 0 Å². The van der Waals surface area contributed by atoms with Gasteiger partial charge in [-0.1, -0.05) is 24.3 Å². The minimum absolute atomic E-state index is 0.0907. The molecule has 0 spiro atoms. The van der Waals surface area contributed by atoms with Gasteiger partial charge in [0.25, 0.3) is 5.91 Å².